The summed E-state index contributed by atoms with van der Waals surface area (Å²) in [5.74, 6) is 2.24. The van der Waals surface area contributed by atoms with Gasteiger partial charge in [-0.2, -0.15) is 4.98 Å². The molecule has 0 spiro atoms. The number of aromatic nitrogens is 4. The fourth-order valence-corrected chi connectivity index (χ4v) is 3.46. The van der Waals surface area contributed by atoms with Gasteiger partial charge >= 0.3 is 0 Å². The average molecular weight is 288 g/mol. The van der Waals surface area contributed by atoms with Crippen LogP contribution in [0.2, 0.25) is 0 Å². The molecule has 21 heavy (non-hydrogen) atoms. The molecule has 1 atom stereocenters. The van der Waals surface area contributed by atoms with Crippen molar-refractivity contribution in [1.29, 1.82) is 0 Å². The van der Waals surface area contributed by atoms with E-state index in [4.69, 9.17) is 4.52 Å². The molecule has 2 aliphatic heterocycles. The SMILES string of the molecule is c1cc(-c2nc(N3CCC(C4CCCN4)CC3)n[nH]2)no1. The van der Waals surface area contributed by atoms with Crippen LogP contribution in [0.15, 0.2) is 16.9 Å². The minimum atomic E-state index is 0.665. The van der Waals surface area contributed by atoms with Crippen molar-refractivity contribution in [3.8, 4) is 11.5 Å². The van der Waals surface area contributed by atoms with E-state index in [-0.39, 0.29) is 0 Å². The largest absolute Gasteiger partial charge is 0.364 e. The number of hydrogen-bond acceptors (Lipinski definition) is 6. The smallest absolute Gasteiger partial charge is 0.245 e. The van der Waals surface area contributed by atoms with Crippen LogP contribution in [0.25, 0.3) is 11.5 Å². The monoisotopic (exact) mass is 288 g/mol. The lowest BCUT2D eigenvalue weighted by Gasteiger charge is -2.34. The second kappa shape index (κ2) is 5.48. The topological polar surface area (TPSA) is 82.9 Å². The lowest BCUT2D eigenvalue weighted by atomic mass is 9.89. The van der Waals surface area contributed by atoms with Gasteiger partial charge < -0.3 is 14.7 Å². The summed E-state index contributed by atoms with van der Waals surface area (Å²) < 4.78 is 4.84. The van der Waals surface area contributed by atoms with Crippen molar-refractivity contribution in [2.75, 3.05) is 24.5 Å². The molecular weight excluding hydrogens is 268 g/mol. The lowest BCUT2D eigenvalue weighted by Crippen LogP contribution is -2.41. The van der Waals surface area contributed by atoms with Crippen molar-refractivity contribution >= 4 is 5.95 Å². The van der Waals surface area contributed by atoms with E-state index in [2.05, 4.69) is 30.6 Å². The van der Waals surface area contributed by atoms with Gasteiger partial charge in [-0.25, -0.2) is 0 Å². The Bertz CT molecular complexity index is 566. The first-order valence-corrected chi connectivity index (χ1v) is 7.71. The normalized spacial score (nSPS) is 23.8. The number of piperidine rings is 1. The fourth-order valence-electron chi connectivity index (χ4n) is 3.46. The van der Waals surface area contributed by atoms with E-state index >= 15 is 0 Å². The molecule has 7 nitrogen and oxygen atoms in total. The molecule has 4 rings (SSSR count). The van der Waals surface area contributed by atoms with Gasteiger partial charge in [0.2, 0.25) is 5.95 Å². The van der Waals surface area contributed by atoms with Crippen LogP contribution in [0.5, 0.6) is 0 Å². The van der Waals surface area contributed by atoms with E-state index < -0.39 is 0 Å². The number of hydrogen-bond donors (Lipinski definition) is 2. The number of rotatable bonds is 3. The summed E-state index contributed by atoms with van der Waals surface area (Å²) in [5, 5.41) is 14.7. The Labute approximate surface area is 123 Å². The molecule has 2 aliphatic rings. The zero-order valence-electron chi connectivity index (χ0n) is 12.0. The van der Waals surface area contributed by atoms with Gasteiger partial charge in [-0.1, -0.05) is 5.16 Å². The summed E-state index contributed by atoms with van der Waals surface area (Å²) in [5.41, 5.74) is 0.693. The summed E-state index contributed by atoms with van der Waals surface area (Å²) >= 11 is 0. The molecule has 2 N–H and O–H groups in total. The predicted octanol–water partition coefficient (Wildman–Crippen LogP) is 1.43. The Hall–Kier alpha value is -1.89. The highest BCUT2D eigenvalue weighted by Crippen LogP contribution is 2.27. The maximum atomic E-state index is 4.84. The first kappa shape index (κ1) is 12.8. The lowest BCUT2D eigenvalue weighted by molar-refractivity contribution is 0.317. The molecule has 2 fully saturated rings. The molecule has 112 valence electrons. The standard InChI is InChI=1S/C14H20N6O/c1-2-11(15-6-1)10-3-7-20(8-4-10)14-16-13(17-18-14)12-5-9-21-19-12/h5,9-11,15H,1-4,6-8H2,(H,16,17,18). The Morgan fingerprint density at radius 2 is 2.14 bits per heavy atom. The third-order valence-electron chi connectivity index (χ3n) is 4.64. The molecule has 0 bridgehead atoms. The summed E-state index contributed by atoms with van der Waals surface area (Å²) in [6.45, 7) is 3.24. The molecule has 0 amide bonds. The number of nitrogens with zero attached hydrogens (tertiary/aromatic N) is 4. The number of anilines is 1. The Morgan fingerprint density at radius 3 is 2.86 bits per heavy atom. The zero-order valence-corrected chi connectivity index (χ0v) is 12.0. The van der Waals surface area contributed by atoms with Crippen LogP contribution in [0.1, 0.15) is 25.7 Å². The highest BCUT2D eigenvalue weighted by Gasteiger charge is 2.29. The van der Waals surface area contributed by atoms with Crippen LogP contribution in [-0.2, 0) is 0 Å². The molecular formula is C14H20N6O. The Kier molecular flexibility index (Phi) is 3.34. The van der Waals surface area contributed by atoms with E-state index in [1.54, 1.807) is 6.07 Å². The minimum absolute atomic E-state index is 0.665. The van der Waals surface area contributed by atoms with Gasteiger partial charge in [0.1, 0.15) is 6.26 Å². The number of aromatic amines is 1. The van der Waals surface area contributed by atoms with Crippen LogP contribution < -0.4 is 10.2 Å². The van der Waals surface area contributed by atoms with E-state index in [1.807, 2.05) is 0 Å². The van der Waals surface area contributed by atoms with Crippen molar-refractivity contribution in [2.45, 2.75) is 31.7 Å². The number of H-pyrrole nitrogens is 1. The van der Waals surface area contributed by atoms with Crippen molar-refractivity contribution in [1.82, 2.24) is 25.7 Å². The third-order valence-corrected chi connectivity index (χ3v) is 4.64. The van der Waals surface area contributed by atoms with E-state index in [1.165, 1.54) is 38.5 Å². The van der Waals surface area contributed by atoms with Crippen LogP contribution >= 0.6 is 0 Å². The number of nitrogens with one attached hydrogen (secondary N) is 2. The second-order valence-corrected chi connectivity index (χ2v) is 5.90. The Morgan fingerprint density at radius 1 is 1.24 bits per heavy atom. The summed E-state index contributed by atoms with van der Waals surface area (Å²) in [6, 6.07) is 2.51. The quantitative estimate of drug-likeness (QED) is 0.889. The second-order valence-electron chi connectivity index (χ2n) is 5.90. The van der Waals surface area contributed by atoms with Crippen LogP contribution in [0, 0.1) is 5.92 Å². The van der Waals surface area contributed by atoms with Gasteiger partial charge in [-0.05, 0) is 38.1 Å². The van der Waals surface area contributed by atoms with Crippen LogP contribution in [-0.4, -0.2) is 46.0 Å². The summed E-state index contributed by atoms with van der Waals surface area (Å²) in [6.07, 6.45) is 6.63. The van der Waals surface area contributed by atoms with Gasteiger partial charge in [0.25, 0.3) is 0 Å². The molecule has 1 unspecified atom stereocenters. The molecule has 2 saturated heterocycles. The van der Waals surface area contributed by atoms with Gasteiger partial charge in [0, 0.05) is 25.2 Å². The van der Waals surface area contributed by atoms with Crippen molar-refractivity contribution in [2.24, 2.45) is 5.92 Å². The van der Waals surface area contributed by atoms with Crippen LogP contribution in [0.4, 0.5) is 5.95 Å². The minimum Gasteiger partial charge on any atom is -0.364 e. The molecule has 0 radical (unpaired) electrons. The van der Waals surface area contributed by atoms with Gasteiger partial charge in [0.15, 0.2) is 11.5 Å². The first-order valence-electron chi connectivity index (χ1n) is 7.71. The molecule has 2 aromatic heterocycles. The maximum absolute atomic E-state index is 4.84. The Balaban J connectivity index is 1.39. The highest BCUT2D eigenvalue weighted by atomic mass is 16.5. The zero-order chi connectivity index (χ0) is 14.1. The van der Waals surface area contributed by atoms with Crippen molar-refractivity contribution in [3.63, 3.8) is 0 Å². The van der Waals surface area contributed by atoms with E-state index in [0.29, 0.717) is 11.5 Å². The predicted molar refractivity (Wildman–Crippen MR) is 77.8 cm³/mol. The van der Waals surface area contributed by atoms with Gasteiger partial charge in [0.05, 0.1) is 0 Å². The van der Waals surface area contributed by atoms with Gasteiger partial charge in [-0.15, -0.1) is 5.10 Å². The fraction of sp³-hybridized carbons (Fsp3) is 0.643. The first-order chi connectivity index (χ1) is 10.4. The average Bonchev–Trinajstić information content (AvgIpc) is 3.27. The van der Waals surface area contributed by atoms with Gasteiger partial charge in [-0.3, -0.25) is 5.10 Å². The van der Waals surface area contributed by atoms with Crippen molar-refractivity contribution < 1.29 is 4.52 Å². The molecule has 2 aromatic rings. The molecule has 7 heteroatoms. The third kappa shape index (κ3) is 2.53. The summed E-state index contributed by atoms with van der Waals surface area (Å²) in [7, 11) is 0. The maximum Gasteiger partial charge on any atom is 0.245 e. The molecule has 0 aromatic carbocycles. The van der Waals surface area contributed by atoms with Crippen LogP contribution in [0.3, 0.4) is 0 Å². The van der Waals surface area contributed by atoms with E-state index in [9.17, 15) is 0 Å². The molecule has 4 heterocycles. The summed E-state index contributed by atoms with van der Waals surface area (Å²) in [4.78, 5) is 6.78. The highest BCUT2D eigenvalue weighted by molar-refractivity contribution is 5.49. The van der Waals surface area contributed by atoms with Crippen molar-refractivity contribution in [3.05, 3.63) is 12.3 Å². The molecule has 0 aliphatic carbocycles. The van der Waals surface area contributed by atoms with E-state index in [0.717, 1.165) is 31.0 Å². The molecule has 0 saturated carbocycles.